The molecule has 1 aliphatic heterocycles. The molecule has 76 valence electrons. The first-order valence-electron chi connectivity index (χ1n) is 4.69. The molecule has 1 fully saturated rings. The van der Waals surface area contributed by atoms with Gasteiger partial charge in [-0.1, -0.05) is 12.2 Å². The molecule has 3 nitrogen and oxygen atoms in total. The largest absolute Gasteiger partial charge is 0.313 e. The van der Waals surface area contributed by atoms with Gasteiger partial charge in [0.05, 0.1) is 11.5 Å². The fourth-order valence-corrected chi connectivity index (χ4v) is 3.20. The summed E-state index contributed by atoms with van der Waals surface area (Å²) in [6.45, 7) is 2.87. The molecule has 1 atom stereocenters. The van der Waals surface area contributed by atoms with Crippen molar-refractivity contribution < 1.29 is 8.42 Å². The van der Waals surface area contributed by atoms with Gasteiger partial charge in [-0.15, -0.1) is 0 Å². The van der Waals surface area contributed by atoms with E-state index < -0.39 is 9.84 Å². The van der Waals surface area contributed by atoms with Gasteiger partial charge in [0.15, 0.2) is 9.84 Å². The predicted octanol–water partition coefficient (Wildman–Crippen LogP) is 0.729. The molecule has 4 heteroatoms. The van der Waals surface area contributed by atoms with Gasteiger partial charge in [0.1, 0.15) is 0 Å². The molecule has 0 bridgehead atoms. The standard InChI is InChI=1S/C9H17NO2S/c1-2-3-4-6-10-9-5-7-13(11,12)8-9/h2-3,9-10H,4-8H2,1H3/b3-2+. The molecular formula is C9H17NO2S. The summed E-state index contributed by atoms with van der Waals surface area (Å²) in [7, 11) is -2.72. The summed E-state index contributed by atoms with van der Waals surface area (Å²) < 4.78 is 22.2. The molecule has 0 spiro atoms. The van der Waals surface area contributed by atoms with Crippen LogP contribution in [0.5, 0.6) is 0 Å². The van der Waals surface area contributed by atoms with Gasteiger partial charge in [-0.3, -0.25) is 0 Å². The Morgan fingerprint density at radius 1 is 1.54 bits per heavy atom. The Morgan fingerprint density at radius 2 is 2.31 bits per heavy atom. The lowest BCUT2D eigenvalue weighted by molar-refractivity contribution is 0.560. The maximum Gasteiger partial charge on any atom is 0.151 e. The van der Waals surface area contributed by atoms with Crippen LogP contribution in [-0.2, 0) is 9.84 Å². The van der Waals surface area contributed by atoms with Crippen LogP contribution in [0.3, 0.4) is 0 Å². The molecule has 1 heterocycles. The Labute approximate surface area is 80.1 Å². The molecule has 0 aromatic heterocycles. The van der Waals surface area contributed by atoms with E-state index in [1.165, 1.54) is 0 Å². The van der Waals surface area contributed by atoms with Gasteiger partial charge in [-0.2, -0.15) is 0 Å². The van der Waals surface area contributed by atoms with Crippen LogP contribution in [0.25, 0.3) is 0 Å². The first-order valence-corrected chi connectivity index (χ1v) is 6.51. The van der Waals surface area contributed by atoms with Gasteiger partial charge in [0.25, 0.3) is 0 Å². The van der Waals surface area contributed by atoms with Gasteiger partial charge in [-0.25, -0.2) is 8.42 Å². The molecule has 1 rings (SSSR count). The number of hydrogen-bond acceptors (Lipinski definition) is 3. The summed E-state index contributed by atoms with van der Waals surface area (Å²) in [4.78, 5) is 0. The average molecular weight is 203 g/mol. The van der Waals surface area contributed by atoms with Gasteiger partial charge in [0.2, 0.25) is 0 Å². The van der Waals surface area contributed by atoms with Crippen LogP contribution in [0.2, 0.25) is 0 Å². The number of rotatable bonds is 4. The van der Waals surface area contributed by atoms with E-state index in [0.717, 1.165) is 19.4 Å². The van der Waals surface area contributed by atoms with E-state index in [-0.39, 0.29) is 6.04 Å². The van der Waals surface area contributed by atoms with Crippen molar-refractivity contribution in [1.29, 1.82) is 0 Å². The molecule has 1 saturated heterocycles. The first kappa shape index (κ1) is 10.7. The van der Waals surface area contributed by atoms with E-state index in [2.05, 4.69) is 11.4 Å². The smallest absolute Gasteiger partial charge is 0.151 e. The lowest BCUT2D eigenvalue weighted by Gasteiger charge is -2.08. The summed E-state index contributed by atoms with van der Waals surface area (Å²) in [5, 5.41) is 3.24. The first-order chi connectivity index (χ1) is 6.14. The van der Waals surface area contributed by atoms with E-state index in [4.69, 9.17) is 0 Å². The van der Waals surface area contributed by atoms with Crippen molar-refractivity contribution in [2.24, 2.45) is 0 Å². The molecule has 0 aromatic carbocycles. The summed E-state index contributed by atoms with van der Waals surface area (Å²) in [5.41, 5.74) is 0. The van der Waals surface area contributed by atoms with E-state index >= 15 is 0 Å². The Morgan fingerprint density at radius 3 is 2.85 bits per heavy atom. The van der Waals surface area contributed by atoms with Crippen molar-refractivity contribution in [3.05, 3.63) is 12.2 Å². The normalized spacial score (nSPS) is 27.0. The monoisotopic (exact) mass is 203 g/mol. The van der Waals surface area contributed by atoms with Crippen LogP contribution in [0.4, 0.5) is 0 Å². The summed E-state index contributed by atoms with van der Waals surface area (Å²) in [5.74, 6) is 0.678. The minimum absolute atomic E-state index is 0.190. The fourth-order valence-electron chi connectivity index (χ4n) is 1.49. The quantitative estimate of drug-likeness (QED) is 0.541. The van der Waals surface area contributed by atoms with Gasteiger partial charge < -0.3 is 5.32 Å². The van der Waals surface area contributed by atoms with E-state index in [1.54, 1.807) is 0 Å². The number of sulfone groups is 1. The van der Waals surface area contributed by atoms with Crippen molar-refractivity contribution in [1.82, 2.24) is 5.32 Å². The molecule has 0 amide bonds. The SMILES string of the molecule is C/C=C/CCNC1CCS(=O)(=O)C1. The number of hydrogen-bond donors (Lipinski definition) is 1. The van der Waals surface area contributed by atoms with Crippen molar-refractivity contribution in [3.63, 3.8) is 0 Å². The number of allylic oxidation sites excluding steroid dienone is 1. The van der Waals surface area contributed by atoms with Crippen LogP contribution in [0.1, 0.15) is 19.8 Å². The van der Waals surface area contributed by atoms with Crippen LogP contribution in [-0.4, -0.2) is 32.5 Å². The molecule has 0 saturated carbocycles. The average Bonchev–Trinajstić information content (AvgIpc) is 2.40. The zero-order valence-corrected chi connectivity index (χ0v) is 8.81. The second kappa shape index (κ2) is 4.77. The minimum Gasteiger partial charge on any atom is -0.313 e. The van der Waals surface area contributed by atoms with Crippen LogP contribution < -0.4 is 5.32 Å². The lowest BCUT2D eigenvalue weighted by Crippen LogP contribution is -2.30. The van der Waals surface area contributed by atoms with Gasteiger partial charge in [-0.05, 0) is 26.3 Å². The fraction of sp³-hybridized carbons (Fsp3) is 0.778. The second-order valence-electron chi connectivity index (χ2n) is 3.41. The summed E-state index contributed by atoms with van der Waals surface area (Å²) in [6, 6.07) is 0.190. The molecule has 0 aliphatic carbocycles. The van der Waals surface area contributed by atoms with Gasteiger partial charge in [0, 0.05) is 6.04 Å². The third-order valence-corrected chi connectivity index (χ3v) is 3.98. The van der Waals surface area contributed by atoms with Crippen molar-refractivity contribution >= 4 is 9.84 Å². The van der Waals surface area contributed by atoms with Crippen LogP contribution in [0, 0.1) is 0 Å². The molecular weight excluding hydrogens is 186 g/mol. The minimum atomic E-state index is -2.72. The summed E-state index contributed by atoms with van der Waals surface area (Å²) in [6.07, 6.45) is 5.84. The van der Waals surface area contributed by atoms with E-state index in [9.17, 15) is 8.42 Å². The Balaban J connectivity index is 2.18. The van der Waals surface area contributed by atoms with Gasteiger partial charge >= 0.3 is 0 Å². The van der Waals surface area contributed by atoms with E-state index in [0.29, 0.717) is 11.5 Å². The lowest BCUT2D eigenvalue weighted by atomic mass is 10.2. The third kappa shape index (κ3) is 3.91. The molecule has 0 aromatic rings. The maximum atomic E-state index is 11.1. The Bertz CT molecular complexity index is 269. The molecule has 1 aliphatic rings. The second-order valence-corrected chi connectivity index (χ2v) is 5.64. The van der Waals surface area contributed by atoms with Crippen LogP contribution >= 0.6 is 0 Å². The third-order valence-electron chi connectivity index (χ3n) is 2.21. The highest BCUT2D eigenvalue weighted by Gasteiger charge is 2.26. The van der Waals surface area contributed by atoms with E-state index in [1.807, 2.05) is 13.0 Å². The van der Waals surface area contributed by atoms with Crippen molar-refractivity contribution in [2.75, 3.05) is 18.1 Å². The topological polar surface area (TPSA) is 46.2 Å². The predicted molar refractivity (Wildman–Crippen MR) is 54.5 cm³/mol. The summed E-state index contributed by atoms with van der Waals surface area (Å²) >= 11 is 0. The molecule has 1 N–H and O–H groups in total. The maximum absolute atomic E-state index is 11.1. The highest BCUT2D eigenvalue weighted by atomic mass is 32.2. The Kier molecular flexibility index (Phi) is 3.93. The zero-order valence-electron chi connectivity index (χ0n) is 7.99. The van der Waals surface area contributed by atoms with Crippen LogP contribution in [0.15, 0.2) is 12.2 Å². The zero-order chi connectivity index (χ0) is 9.73. The Hall–Kier alpha value is -0.350. The molecule has 13 heavy (non-hydrogen) atoms. The molecule has 0 radical (unpaired) electrons. The number of nitrogens with one attached hydrogen (secondary N) is 1. The van der Waals surface area contributed by atoms with Crippen molar-refractivity contribution in [2.45, 2.75) is 25.8 Å². The highest BCUT2D eigenvalue weighted by Crippen LogP contribution is 2.10. The highest BCUT2D eigenvalue weighted by molar-refractivity contribution is 7.91. The molecule has 1 unspecified atom stereocenters. The van der Waals surface area contributed by atoms with Crippen molar-refractivity contribution in [3.8, 4) is 0 Å².